The lowest BCUT2D eigenvalue weighted by Crippen LogP contribution is -1.97. The van der Waals surface area contributed by atoms with Gasteiger partial charge in [-0.15, -0.1) is 0 Å². The zero-order chi connectivity index (χ0) is 26.1. The lowest BCUT2D eigenvalue weighted by molar-refractivity contribution is 0.669. The monoisotopic (exact) mass is 530 g/mol. The molecule has 0 aliphatic carbocycles. The second-order valence-electron chi connectivity index (χ2n) is 10.7. The van der Waals surface area contributed by atoms with Gasteiger partial charge in [0, 0.05) is 43.4 Å². The van der Waals surface area contributed by atoms with E-state index in [1.165, 1.54) is 54.6 Å². The summed E-state index contributed by atoms with van der Waals surface area (Å²) in [7, 11) is 0. The molecule has 10 rings (SSSR count). The van der Waals surface area contributed by atoms with Crippen LogP contribution in [0.1, 0.15) is 0 Å². The summed E-state index contributed by atoms with van der Waals surface area (Å²) in [6.07, 6.45) is 0. The third kappa shape index (κ3) is 2.47. The Morgan fingerprint density at radius 1 is 0.425 bits per heavy atom. The van der Waals surface area contributed by atoms with Gasteiger partial charge in [0.05, 0.1) is 33.1 Å². The summed E-state index contributed by atoms with van der Waals surface area (Å²) < 4.78 is 11.1. The lowest BCUT2D eigenvalue weighted by Gasteiger charge is -2.13. The van der Waals surface area contributed by atoms with Crippen LogP contribution >= 0.6 is 11.6 Å². The van der Waals surface area contributed by atoms with Crippen LogP contribution in [-0.2, 0) is 0 Å². The van der Waals surface area contributed by atoms with Crippen molar-refractivity contribution in [3.05, 3.63) is 120 Å². The third-order valence-electron chi connectivity index (χ3n) is 8.69. The summed E-state index contributed by atoms with van der Waals surface area (Å²) in [5.41, 5.74) is 11.3. The molecular weight excluding hydrogens is 512 g/mol. The van der Waals surface area contributed by atoms with Gasteiger partial charge in [-0.1, -0.05) is 72.3 Å². The van der Waals surface area contributed by atoms with Crippen molar-refractivity contribution in [2.75, 3.05) is 0 Å². The highest BCUT2D eigenvalue weighted by Gasteiger charge is 2.21. The van der Waals surface area contributed by atoms with Gasteiger partial charge in [0.1, 0.15) is 11.2 Å². The second kappa shape index (κ2) is 7.15. The molecule has 0 bridgehead atoms. The van der Waals surface area contributed by atoms with Crippen LogP contribution in [0.3, 0.4) is 0 Å². The minimum Gasteiger partial charge on any atom is -0.456 e. The smallest absolute Gasteiger partial charge is 0.136 e. The molecule has 40 heavy (non-hydrogen) atoms. The fourth-order valence-electron chi connectivity index (χ4n) is 7.00. The lowest BCUT2D eigenvalue weighted by atomic mass is 10.0. The average Bonchev–Trinajstić information content (AvgIpc) is 3.64. The van der Waals surface area contributed by atoms with Crippen molar-refractivity contribution in [1.29, 1.82) is 0 Å². The molecule has 0 aliphatic rings. The van der Waals surface area contributed by atoms with E-state index in [4.69, 9.17) is 16.0 Å². The van der Waals surface area contributed by atoms with Crippen LogP contribution in [0.4, 0.5) is 0 Å². The van der Waals surface area contributed by atoms with Crippen molar-refractivity contribution in [2.45, 2.75) is 0 Å². The summed E-state index contributed by atoms with van der Waals surface area (Å²) in [4.78, 5) is 0. The highest BCUT2D eigenvalue weighted by Crippen LogP contribution is 2.42. The van der Waals surface area contributed by atoms with Crippen molar-refractivity contribution < 1.29 is 4.42 Å². The Balaban J connectivity index is 1.36. The van der Waals surface area contributed by atoms with Crippen molar-refractivity contribution >= 4 is 88.2 Å². The SMILES string of the molecule is Clc1ccc2c(c1)oc1cc(-c3ccc4c(c3)n3c5ccccc5c5ccc6c7ccccc7n4c6c53)ccc12. The van der Waals surface area contributed by atoms with Gasteiger partial charge >= 0.3 is 0 Å². The number of furan rings is 1. The zero-order valence-corrected chi connectivity index (χ0v) is 21.9. The molecule has 4 aromatic heterocycles. The van der Waals surface area contributed by atoms with Crippen LogP contribution in [0, 0.1) is 0 Å². The molecular formula is C36H19ClN2O. The molecule has 0 atom stereocenters. The average molecular weight is 531 g/mol. The molecule has 6 aromatic carbocycles. The van der Waals surface area contributed by atoms with Gasteiger partial charge < -0.3 is 13.2 Å². The third-order valence-corrected chi connectivity index (χ3v) is 8.93. The number of benzene rings is 6. The molecule has 4 heteroatoms. The standard InChI is InChI=1S/C36H19ClN2O/c37-22-11-13-26-25-12-9-21(18-33(25)40-34(26)19-22)20-10-16-31-32(17-20)39-30-8-4-2-6-24(30)28-15-14-27-23-5-1-3-7-29(23)38(31)35(27)36(28)39/h1-19H. The van der Waals surface area contributed by atoms with Gasteiger partial charge in [0.2, 0.25) is 0 Å². The Morgan fingerprint density at radius 2 is 0.975 bits per heavy atom. The van der Waals surface area contributed by atoms with Crippen molar-refractivity contribution in [2.24, 2.45) is 0 Å². The molecule has 0 N–H and O–H groups in total. The maximum atomic E-state index is 6.23. The predicted molar refractivity (Wildman–Crippen MR) is 167 cm³/mol. The number of halogens is 1. The van der Waals surface area contributed by atoms with Gasteiger partial charge in [0.15, 0.2) is 0 Å². The second-order valence-corrected chi connectivity index (χ2v) is 11.2. The minimum absolute atomic E-state index is 0.679. The van der Waals surface area contributed by atoms with Crippen LogP contribution in [0.25, 0.3) is 87.7 Å². The zero-order valence-electron chi connectivity index (χ0n) is 21.2. The summed E-state index contributed by atoms with van der Waals surface area (Å²) in [5.74, 6) is 0. The van der Waals surface area contributed by atoms with Gasteiger partial charge in [-0.25, -0.2) is 0 Å². The Labute approximate surface area is 232 Å². The normalized spacial score (nSPS) is 12.6. The Kier molecular flexibility index (Phi) is 3.74. The van der Waals surface area contributed by atoms with E-state index in [1.54, 1.807) is 0 Å². The van der Waals surface area contributed by atoms with Gasteiger partial charge in [-0.3, -0.25) is 0 Å². The molecule has 186 valence electrons. The van der Waals surface area contributed by atoms with E-state index in [2.05, 4.69) is 106 Å². The predicted octanol–water partition coefficient (Wildman–Crippen LogP) is 10.5. The fourth-order valence-corrected chi connectivity index (χ4v) is 7.16. The van der Waals surface area contributed by atoms with E-state index in [0.717, 1.165) is 33.1 Å². The number of hydrogen-bond donors (Lipinski definition) is 0. The van der Waals surface area contributed by atoms with E-state index in [-0.39, 0.29) is 0 Å². The number of rotatable bonds is 1. The van der Waals surface area contributed by atoms with E-state index in [0.29, 0.717) is 5.02 Å². The maximum Gasteiger partial charge on any atom is 0.136 e. The van der Waals surface area contributed by atoms with Crippen LogP contribution in [0.15, 0.2) is 120 Å². The number of nitrogens with zero attached hydrogens (tertiary/aromatic N) is 2. The summed E-state index contributed by atoms with van der Waals surface area (Å²) in [6.45, 7) is 0. The van der Waals surface area contributed by atoms with Crippen LogP contribution < -0.4 is 0 Å². The van der Waals surface area contributed by atoms with Crippen molar-refractivity contribution in [3.8, 4) is 11.1 Å². The number of aromatic nitrogens is 2. The molecule has 0 saturated carbocycles. The van der Waals surface area contributed by atoms with Crippen LogP contribution in [0.5, 0.6) is 0 Å². The van der Waals surface area contributed by atoms with E-state index < -0.39 is 0 Å². The van der Waals surface area contributed by atoms with E-state index in [1.807, 2.05) is 18.2 Å². The molecule has 4 heterocycles. The molecule has 0 saturated heterocycles. The van der Waals surface area contributed by atoms with Crippen molar-refractivity contribution in [1.82, 2.24) is 8.80 Å². The number of fused-ring (bicyclic) bond motifs is 12. The molecule has 0 radical (unpaired) electrons. The van der Waals surface area contributed by atoms with Gasteiger partial charge in [-0.05, 0) is 59.7 Å². The Hall–Kier alpha value is -4.99. The first-order valence-electron chi connectivity index (χ1n) is 13.5. The highest BCUT2D eigenvalue weighted by molar-refractivity contribution is 6.31. The Bertz CT molecular complexity index is 2670. The van der Waals surface area contributed by atoms with E-state index in [9.17, 15) is 0 Å². The number of hydrogen-bond acceptors (Lipinski definition) is 1. The van der Waals surface area contributed by atoms with Crippen molar-refractivity contribution in [3.63, 3.8) is 0 Å². The molecule has 0 amide bonds. The highest BCUT2D eigenvalue weighted by atomic mass is 35.5. The molecule has 10 aromatic rings. The topological polar surface area (TPSA) is 22.0 Å². The van der Waals surface area contributed by atoms with Gasteiger partial charge in [-0.2, -0.15) is 0 Å². The largest absolute Gasteiger partial charge is 0.456 e. The van der Waals surface area contributed by atoms with Crippen LogP contribution in [0.2, 0.25) is 5.02 Å². The molecule has 0 unspecified atom stereocenters. The summed E-state index contributed by atoms with van der Waals surface area (Å²) in [6, 6.07) is 41.2. The number of para-hydroxylation sites is 2. The van der Waals surface area contributed by atoms with Crippen LogP contribution in [-0.4, -0.2) is 8.80 Å². The molecule has 0 spiro atoms. The fraction of sp³-hybridized carbons (Fsp3) is 0. The van der Waals surface area contributed by atoms with Gasteiger partial charge in [0.25, 0.3) is 0 Å². The first-order chi connectivity index (χ1) is 19.7. The molecule has 0 fully saturated rings. The summed E-state index contributed by atoms with van der Waals surface area (Å²) in [5, 5.41) is 7.99. The first kappa shape index (κ1) is 20.9. The molecule has 3 nitrogen and oxygen atoms in total. The van der Waals surface area contributed by atoms with E-state index >= 15 is 0 Å². The Morgan fingerprint density at radius 3 is 1.70 bits per heavy atom. The summed E-state index contributed by atoms with van der Waals surface area (Å²) >= 11 is 6.23. The quantitative estimate of drug-likeness (QED) is 0.193. The maximum absolute atomic E-state index is 6.23. The minimum atomic E-state index is 0.679. The molecule has 0 aliphatic heterocycles. The first-order valence-corrected chi connectivity index (χ1v) is 13.8.